The van der Waals surface area contributed by atoms with E-state index in [4.69, 9.17) is 23.2 Å². The van der Waals surface area contributed by atoms with Crippen molar-refractivity contribution in [2.45, 2.75) is 23.6 Å². The number of alkyl halides is 2. The Morgan fingerprint density at radius 3 is 2.20 bits per heavy atom. The van der Waals surface area contributed by atoms with Gasteiger partial charge < -0.3 is 0 Å². The molecule has 0 aromatic carbocycles. The predicted molar refractivity (Wildman–Crippen MR) is 38.5 cm³/mol. The van der Waals surface area contributed by atoms with E-state index in [-0.39, 0.29) is 6.42 Å². The lowest BCUT2D eigenvalue weighted by Gasteiger charge is -2.14. The smallest absolute Gasteiger partial charge is 0.220 e. The lowest BCUT2D eigenvalue weighted by molar-refractivity contribution is -0.134. The Balaban J connectivity index is 2.96. The minimum Gasteiger partial charge on any atom is -0.291 e. The molecule has 0 N–H and O–H groups in total. The topological polar surface area (TPSA) is 34.1 Å². The third kappa shape index (κ3) is 0.956. The monoisotopic (exact) mass is 180 g/mol. The Bertz CT molecular complexity index is 198. The molecule has 1 rings (SSSR count). The van der Waals surface area contributed by atoms with Crippen LogP contribution in [0.2, 0.25) is 0 Å². The maximum Gasteiger partial charge on any atom is 0.220 e. The summed E-state index contributed by atoms with van der Waals surface area (Å²) < 4.78 is 0. The molecule has 1 aliphatic rings. The second-order valence-corrected chi connectivity index (χ2v) is 3.81. The molecule has 1 fully saturated rings. The molecule has 2 atom stereocenters. The van der Waals surface area contributed by atoms with Gasteiger partial charge in [0.2, 0.25) is 11.6 Å². The minimum absolute atomic E-state index is 0.0698. The molecular formula is C6H6Cl2O2. The molecule has 0 amide bonds. The molecule has 56 valence electrons. The van der Waals surface area contributed by atoms with Gasteiger partial charge in [0.1, 0.15) is 4.87 Å². The van der Waals surface area contributed by atoms with Gasteiger partial charge in [-0.15, -0.1) is 23.2 Å². The van der Waals surface area contributed by atoms with Crippen LogP contribution in [0.1, 0.15) is 13.3 Å². The van der Waals surface area contributed by atoms with Crippen molar-refractivity contribution in [2.75, 3.05) is 0 Å². The first-order chi connectivity index (χ1) is 4.46. The van der Waals surface area contributed by atoms with Crippen molar-refractivity contribution in [1.29, 1.82) is 0 Å². The molecule has 0 aromatic heterocycles. The van der Waals surface area contributed by atoms with Crippen molar-refractivity contribution in [3.63, 3.8) is 0 Å². The standard InChI is InChI=1S/C6H6Cl2O2/c1-6(8)4(7)2-3(9)5(6)10/h4H,2H2,1H3. The van der Waals surface area contributed by atoms with Gasteiger partial charge in [-0.1, -0.05) is 0 Å². The predicted octanol–water partition coefficient (Wildman–Crippen LogP) is 1.13. The summed E-state index contributed by atoms with van der Waals surface area (Å²) in [5.41, 5.74) is 0. The van der Waals surface area contributed by atoms with E-state index in [1.807, 2.05) is 0 Å². The van der Waals surface area contributed by atoms with Crippen molar-refractivity contribution < 1.29 is 9.59 Å². The number of rotatable bonds is 0. The highest BCUT2D eigenvalue weighted by molar-refractivity contribution is 6.58. The van der Waals surface area contributed by atoms with Gasteiger partial charge in [-0.25, -0.2) is 0 Å². The van der Waals surface area contributed by atoms with E-state index in [0.29, 0.717) is 0 Å². The SMILES string of the molecule is CC1(Cl)C(=O)C(=O)CC1Cl. The molecule has 0 spiro atoms. The van der Waals surface area contributed by atoms with Crippen molar-refractivity contribution in [2.24, 2.45) is 0 Å². The summed E-state index contributed by atoms with van der Waals surface area (Å²) in [6, 6.07) is 0. The Morgan fingerprint density at radius 2 is 2.10 bits per heavy atom. The maximum atomic E-state index is 10.9. The molecule has 2 unspecified atom stereocenters. The van der Waals surface area contributed by atoms with Gasteiger partial charge in [0.15, 0.2) is 0 Å². The summed E-state index contributed by atoms with van der Waals surface area (Å²) in [5, 5.41) is -0.547. The molecule has 10 heavy (non-hydrogen) atoms. The number of hydrogen-bond acceptors (Lipinski definition) is 2. The summed E-state index contributed by atoms with van der Waals surface area (Å²) in [6.45, 7) is 1.47. The highest BCUT2D eigenvalue weighted by atomic mass is 35.5. The second-order valence-electron chi connectivity index (χ2n) is 2.50. The number of hydrogen-bond donors (Lipinski definition) is 0. The first-order valence-electron chi connectivity index (χ1n) is 2.87. The zero-order valence-electron chi connectivity index (χ0n) is 5.36. The quantitative estimate of drug-likeness (QED) is 0.414. The van der Waals surface area contributed by atoms with Crippen LogP contribution in [0.4, 0.5) is 0 Å². The van der Waals surface area contributed by atoms with Gasteiger partial charge in [0.25, 0.3) is 0 Å². The van der Waals surface area contributed by atoms with Crippen LogP contribution >= 0.6 is 23.2 Å². The fourth-order valence-electron chi connectivity index (χ4n) is 0.862. The van der Waals surface area contributed by atoms with E-state index in [0.717, 1.165) is 0 Å². The molecule has 0 aliphatic heterocycles. The third-order valence-electron chi connectivity index (χ3n) is 1.65. The lowest BCUT2D eigenvalue weighted by Crippen LogP contribution is -2.32. The Morgan fingerprint density at radius 1 is 1.60 bits per heavy atom. The summed E-state index contributed by atoms with van der Waals surface area (Å²) in [5.74, 6) is -1.02. The summed E-state index contributed by atoms with van der Waals surface area (Å²) in [4.78, 5) is 20.4. The van der Waals surface area contributed by atoms with Crippen LogP contribution < -0.4 is 0 Å². The average molecular weight is 181 g/mol. The largest absolute Gasteiger partial charge is 0.291 e. The van der Waals surface area contributed by atoms with Crippen LogP contribution in [-0.2, 0) is 9.59 Å². The molecule has 4 heteroatoms. The number of carbonyl (C=O) groups is 2. The van der Waals surface area contributed by atoms with Crippen LogP contribution in [-0.4, -0.2) is 21.8 Å². The van der Waals surface area contributed by atoms with Crippen molar-refractivity contribution in [3.05, 3.63) is 0 Å². The van der Waals surface area contributed by atoms with E-state index in [1.165, 1.54) is 6.92 Å². The number of Topliss-reactive ketones (excluding diaryl/α,β-unsaturated/α-hetero) is 2. The van der Waals surface area contributed by atoms with Crippen molar-refractivity contribution in [1.82, 2.24) is 0 Å². The minimum atomic E-state index is -1.17. The van der Waals surface area contributed by atoms with Crippen molar-refractivity contribution >= 4 is 34.8 Å². The molecular weight excluding hydrogens is 175 g/mol. The van der Waals surface area contributed by atoms with E-state index in [9.17, 15) is 9.59 Å². The molecule has 2 nitrogen and oxygen atoms in total. The molecule has 0 aromatic rings. The number of carbonyl (C=O) groups excluding carboxylic acids is 2. The van der Waals surface area contributed by atoms with Crippen LogP contribution in [0.25, 0.3) is 0 Å². The van der Waals surface area contributed by atoms with E-state index in [2.05, 4.69) is 0 Å². The van der Waals surface area contributed by atoms with Crippen LogP contribution in [0.5, 0.6) is 0 Å². The van der Waals surface area contributed by atoms with Crippen LogP contribution in [0, 0.1) is 0 Å². The fourth-order valence-corrected chi connectivity index (χ4v) is 1.28. The highest BCUT2D eigenvalue weighted by Crippen LogP contribution is 2.34. The van der Waals surface area contributed by atoms with Gasteiger partial charge in [0.05, 0.1) is 5.38 Å². The average Bonchev–Trinajstić information content (AvgIpc) is 1.97. The van der Waals surface area contributed by atoms with E-state index < -0.39 is 21.8 Å². The normalized spacial score (nSPS) is 40.9. The van der Waals surface area contributed by atoms with Crippen LogP contribution in [0.3, 0.4) is 0 Å². The molecule has 1 saturated carbocycles. The molecule has 0 saturated heterocycles. The van der Waals surface area contributed by atoms with Crippen molar-refractivity contribution in [3.8, 4) is 0 Å². The summed E-state index contributed by atoms with van der Waals surface area (Å²) in [7, 11) is 0. The molecule has 0 heterocycles. The van der Waals surface area contributed by atoms with E-state index >= 15 is 0 Å². The first-order valence-corrected chi connectivity index (χ1v) is 3.68. The molecule has 0 bridgehead atoms. The first kappa shape index (κ1) is 8.02. The van der Waals surface area contributed by atoms with Gasteiger partial charge in [-0.2, -0.15) is 0 Å². The highest BCUT2D eigenvalue weighted by Gasteiger charge is 2.49. The lowest BCUT2D eigenvalue weighted by atomic mass is 10.1. The maximum absolute atomic E-state index is 10.9. The van der Waals surface area contributed by atoms with Gasteiger partial charge in [-0.3, -0.25) is 9.59 Å². The third-order valence-corrected chi connectivity index (χ3v) is 2.79. The Hall–Kier alpha value is -0.0800. The van der Waals surface area contributed by atoms with Gasteiger partial charge in [0, 0.05) is 6.42 Å². The molecule has 1 aliphatic carbocycles. The molecule has 0 radical (unpaired) electrons. The summed E-state index contributed by atoms with van der Waals surface area (Å²) >= 11 is 11.3. The van der Waals surface area contributed by atoms with Gasteiger partial charge >= 0.3 is 0 Å². The number of ketones is 2. The van der Waals surface area contributed by atoms with E-state index in [1.54, 1.807) is 0 Å². The Labute approximate surface area is 68.5 Å². The fraction of sp³-hybridized carbons (Fsp3) is 0.667. The zero-order valence-corrected chi connectivity index (χ0v) is 6.87. The Kier molecular flexibility index (Phi) is 1.77. The second kappa shape index (κ2) is 2.21. The zero-order chi connectivity index (χ0) is 7.94. The van der Waals surface area contributed by atoms with Crippen LogP contribution in [0.15, 0.2) is 0 Å². The van der Waals surface area contributed by atoms with Gasteiger partial charge in [-0.05, 0) is 6.92 Å². The summed E-state index contributed by atoms with van der Waals surface area (Å²) in [6.07, 6.45) is 0.0698. The number of halogens is 2.